The first-order valence-electron chi connectivity index (χ1n) is 10.00. The Balaban J connectivity index is 1.46. The van der Waals surface area contributed by atoms with E-state index in [4.69, 9.17) is 9.47 Å². The standard InChI is InChI=1S/C22H25N3O4/c1-28-20(26)17-12-23-14-24-19(17)16-8-5-9-18(16)22(10-11-22)25-21(27)29-13-15-6-3-2-4-7-15/h2-4,6-7,12,14,16,18H,5,8-11,13H2,1H3,(H,25,27). The molecule has 1 heterocycles. The van der Waals surface area contributed by atoms with E-state index in [1.54, 1.807) is 0 Å². The van der Waals surface area contributed by atoms with Crippen LogP contribution in [0, 0.1) is 5.92 Å². The number of ether oxygens (including phenoxy) is 2. The molecule has 7 nitrogen and oxygen atoms in total. The van der Waals surface area contributed by atoms with Crippen molar-refractivity contribution in [2.75, 3.05) is 7.11 Å². The van der Waals surface area contributed by atoms with Crippen molar-refractivity contribution in [2.45, 2.75) is 50.2 Å². The topological polar surface area (TPSA) is 90.4 Å². The van der Waals surface area contributed by atoms with Crippen molar-refractivity contribution in [2.24, 2.45) is 5.92 Å². The van der Waals surface area contributed by atoms with Crippen molar-refractivity contribution < 1.29 is 19.1 Å². The zero-order valence-corrected chi connectivity index (χ0v) is 16.5. The van der Waals surface area contributed by atoms with Gasteiger partial charge in [0.2, 0.25) is 0 Å². The van der Waals surface area contributed by atoms with Crippen molar-refractivity contribution >= 4 is 12.1 Å². The van der Waals surface area contributed by atoms with Gasteiger partial charge in [-0.1, -0.05) is 36.8 Å². The first-order chi connectivity index (χ1) is 14.1. The molecule has 4 rings (SSSR count). The van der Waals surface area contributed by atoms with E-state index < -0.39 is 12.1 Å². The van der Waals surface area contributed by atoms with Crippen LogP contribution in [-0.2, 0) is 16.1 Å². The van der Waals surface area contributed by atoms with E-state index in [1.165, 1.54) is 19.6 Å². The molecule has 0 spiro atoms. The van der Waals surface area contributed by atoms with Crippen LogP contribution in [0.2, 0.25) is 0 Å². The van der Waals surface area contributed by atoms with Crippen LogP contribution in [0.4, 0.5) is 4.79 Å². The number of benzene rings is 1. The zero-order valence-electron chi connectivity index (χ0n) is 16.5. The largest absolute Gasteiger partial charge is 0.465 e. The lowest BCUT2D eigenvalue weighted by Gasteiger charge is -2.29. The third-order valence-corrected chi connectivity index (χ3v) is 6.08. The maximum absolute atomic E-state index is 12.5. The Hall–Kier alpha value is -2.96. The van der Waals surface area contributed by atoms with Crippen LogP contribution in [0.3, 0.4) is 0 Å². The molecule has 0 saturated heterocycles. The minimum Gasteiger partial charge on any atom is -0.465 e. The predicted octanol–water partition coefficient (Wildman–Crippen LogP) is 3.61. The number of aromatic nitrogens is 2. The molecule has 0 radical (unpaired) electrons. The number of nitrogens with zero attached hydrogens (tertiary/aromatic N) is 2. The van der Waals surface area contributed by atoms with E-state index in [0.29, 0.717) is 5.56 Å². The lowest BCUT2D eigenvalue weighted by molar-refractivity contribution is 0.0596. The van der Waals surface area contributed by atoms with Crippen LogP contribution < -0.4 is 5.32 Å². The van der Waals surface area contributed by atoms with E-state index in [1.807, 2.05) is 30.3 Å². The Morgan fingerprint density at radius 1 is 1.21 bits per heavy atom. The quantitative estimate of drug-likeness (QED) is 0.752. The van der Waals surface area contributed by atoms with Gasteiger partial charge in [-0.25, -0.2) is 19.6 Å². The summed E-state index contributed by atoms with van der Waals surface area (Å²) in [6.07, 6.45) is 7.35. The number of carbonyl (C=O) groups excluding carboxylic acids is 2. The fourth-order valence-corrected chi connectivity index (χ4v) is 4.54. The number of carbonyl (C=O) groups is 2. The summed E-state index contributed by atoms with van der Waals surface area (Å²) in [5.74, 6) is -0.125. The van der Waals surface area contributed by atoms with Crippen molar-refractivity contribution in [3.8, 4) is 0 Å². The van der Waals surface area contributed by atoms with Crippen LogP contribution in [-0.4, -0.2) is 34.7 Å². The average molecular weight is 395 g/mol. The third kappa shape index (κ3) is 4.09. The lowest BCUT2D eigenvalue weighted by Crippen LogP contribution is -2.44. The minimum atomic E-state index is -0.425. The van der Waals surface area contributed by atoms with Gasteiger partial charge in [0.1, 0.15) is 12.9 Å². The molecule has 1 N–H and O–H groups in total. The molecule has 1 aromatic heterocycles. The average Bonchev–Trinajstić information content (AvgIpc) is 3.35. The smallest absolute Gasteiger partial charge is 0.407 e. The molecule has 29 heavy (non-hydrogen) atoms. The molecular weight excluding hydrogens is 370 g/mol. The highest BCUT2D eigenvalue weighted by Gasteiger charge is 2.55. The van der Waals surface area contributed by atoms with E-state index in [-0.39, 0.29) is 24.0 Å². The minimum absolute atomic E-state index is 0.0871. The molecule has 1 amide bonds. The number of esters is 1. The van der Waals surface area contributed by atoms with Gasteiger partial charge in [-0.2, -0.15) is 0 Å². The molecule has 2 aromatic rings. The Bertz CT molecular complexity index is 883. The highest BCUT2D eigenvalue weighted by molar-refractivity contribution is 5.90. The monoisotopic (exact) mass is 395 g/mol. The van der Waals surface area contributed by atoms with E-state index in [0.717, 1.165) is 43.4 Å². The fourth-order valence-electron chi connectivity index (χ4n) is 4.54. The van der Waals surface area contributed by atoms with Crippen molar-refractivity contribution in [1.29, 1.82) is 0 Å². The van der Waals surface area contributed by atoms with Crippen LogP contribution >= 0.6 is 0 Å². The van der Waals surface area contributed by atoms with Gasteiger partial charge in [0.25, 0.3) is 0 Å². The number of methoxy groups -OCH3 is 1. The second-order valence-corrected chi connectivity index (χ2v) is 7.80. The van der Waals surface area contributed by atoms with Crippen LogP contribution in [0.5, 0.6) is 0 Å². The van der Waals surface area contributed by atoms with Crippen molar-refractivity contribution in [3.63, 3.8) is 0 Å². The van der Waals surface area contributed by atoms with Gasteiger partial charge in [0.15, 0.2) is 0 Å². The normalized spacial score (nSPS) is 22.0. The zero-order chi connectivity index (χ0) is 20.3. The van der Waals surface area contributed by atoms with E-state index in [2.05, 4.69) is 15.3 Å². The fraction of sp³-hybridized carbons (Fsp3) is 0.455. The first kappa shape index (κ1) is 19.4. The summed E-state index contributed by atoms with van der Waals surface area (Å²) in [4.78, 5) is 33.0. The molecule has 2 aliphatic rings. The molecule has 0 bridgehead atoms. The Kier molecular flexibility index (Phi) is 5.47. The van der Waals surface area contributed by atoms with Crippen LogP contribution in [0.15, 0.2) is 42.9 Å². The number of hydrogen-bond acceptors (Lipinski definition) is 6. The SMILES string of the molecule is COC(=O)c1cncnc1C1CCCC1C1(NC(=O)OCc2ccccc2)CC1. The Morgan fingerprint density at radius 3 is 2.72 bits per heavy atom. The highest BCUT2D eigenvalue weighted by atomic mass is 16.5. The third-order valence-electron chi connectivity index (χ3n) is 6.08. The Morgan fingerprint density at radius 2 is 2.00 bits per heavy atom. The van der Waals surface area contributed by atoms with Gasteiger partial charge in [-0.05, 0) is 37.2 Å². The van der Waals surface area contributed by atoms with Crippen LogP contribution in [0.1, 0.15) is 59.6 Å². The number of alkyl carbamates (subject to hydrolysis) is 1. The lowest BCUT2D eigenvalue weighted by atomic mass is 9.83. The number of rotatable bonds is 6. The summed E-state index contributed by atoms with van der Waals surface area (Å²) in [5, 5.41) is 3.12. The van der Waals surface area contributed by atoms with Gasteiger partial charge in [0, 0.05) is 17.7 Å². The van der Waals surface area contributed by atoms with Gasteiger partial charge in [-0.15, -0.1) is 0 Å². The molecular formula is C22H25N3O4. The first-order valence-corrected chi connectivity index (χ1v) is 10.00. The summed E-state index contributed by atoms with van der Waals surface area (Å²) in [7, 11) is 1.36. The van der Waals surface area contributed by atoms with Gasteiger partial charge in [-0.3, -0.25) is 0 Å². The Labute approximate surface area is 169 Å². The van der Waals surface area contributed by atoms with Crippen molar-refractivity contribution in [1.82, 2.24) is 15.3 Å². The van der Waals surface area contributed by atoms with Gasteiger partial charge >= 0.3 is 12.1 Å². The van der Waals surface area contributed by atoms with Crippen molar-refractivity contribution in [3.05, 3.63) is 59.7 Å². The number of hydrogen-bond donors (Lipinski definition) is 1. The van der Waals surface area contributed by atoms with Gasteiger partial charge < -0.3 is 14.8 Å². The van der Waals surface area contributed by atoms with Crippen LogP contribution in [0.25, 0.3) is 0 Å². The predicted molar refractivity (Wildman–Crippen MR) is 105 cm³/mol. The molecule has 2 saturated carbocycles. The van der Waals surface area contributed by atoms with E-state index >= 15 is 0 Å². The number of nitrogens with one attached hydrogen (secondary N) is 1. The molecule has 2 atom stereocenters. The molecule has 2 fully saturated rings. The number of amides is 1. The molecule has 2 unspecified atom stereocenters. The molecule has 2 aliphatic carbocycles. The molecule has 0 aliphatic heterocycles. The maximum atomic E-state index is 12.5. The summed E-state index contributed by atoms with van der Waals surface area (Å²) in [6.45, 7) is 0.245. The second kappa shape index (κ2) is 8.19. The molecule has 7 heteroatoms. The molecule has 1 aromatic carbocycles. The second-order valence-electron chi connectivity index (χ2n) is 7.80. The van der Waals surface area contributed by atoms with Gasteiger partial charge in [0.05, 0.1) is 18.4 Å². The summed E-state index contributed by atoms with van der Waals surface area (Å²) >= 11 is 0. The summed E-state index contributed by atoms with van der Waals surface area (Å²) in [5.41, 5.74) is 1.80. The summed E-state index contributed by atoms with van der Waals surface area (Å²) < 4.78 is 10.3. The molecule has 152 valence electrons. The summed E-state index contributed by atoms with van der Waals surface area (Å²) in [6, 6.07) is 9.62. The highest BCUT2D eigenvalue weighted by Crippen LogP contribution is 2.55. The maximum Gasteiger partial charge on any atom is 0.407 e. The van der Waals surface area contributed by atoms with E-state index in [9.17, 15) is 9.59 Å².